The summed E-state index contributed by atoms with van der Waals surface area (Å²) >= 11 is 3.28. The van der Waals surface area contributed by atoms with Crippen LogP contribution in [0.3, 0.4) is 0 Å². The molecule has 1 heterocycles. The molecule has 0 spiro atoms. The van der Waals surface area contributed by atoms with Crippen molar-refractivity contribution in [2.24, 2.45) is 0 Å². The van der Waals surface area contributed by atoms with E-state index in [-0.39, 0.29) is 16.3 Å². The second kappa shape index (κ2) is 6.55. The minimum Gasteiger partial charge on any atom is -0.334 e. The molecule has 136 valence electrons. The van der Waals surface area contributed by atoms with Gasteiger partial charge in [-0.15, -0.1) is 0 Å². The van der Waals surface area contributed by atoms with E-state index in [4.69, 9.17) is 0 Å². The highest BCUT2D eigenvalue weighted by Crippen LogP contribution is 2.36. The summed E-state index contributed by atoms with van der Waals surface area (Å²) in [6, 6.07) is 12.3. The SMILES string of the molecule is CS(=O)(=O)c1ccc(-c2nc(C(F)(F)F)[nH]c2-c2ccc(Br)cc2)cc1. The molecule has 0 saturated heterocycles. The lowest BCUT2D eigenvalue weighted by molar-refractivity contribution is -0.144. The van der Waals surface area contributed by atoms with Gasteiger partial charge in [-0.25, -0.2) is 13.4 Å². The Morgan fingerprint density at radius 1 is 0.962 bits per heavy atom. The van der Waals surface area contributed by atoms with Crippen LogP contribution in [0.25, 0.3) is 22.5 Å². The average molecular weight is 445 g/mol. The van der Waals surface area contributed by atoms with E-state index in [9.17, 15) is 21.6 Å². The zero-order valence-corrected chi connectivity index (χ0v) is 15.7. The maximum atomic E-state index is 13.1. The van der Waals surface area contributed by atoms with Crippen molar-refractivity contribution < 1.29 is 21.6 Å². The minimum atomic E-state index is -4.63. The first-order valence-electron chi connectivity index (χ1n) is 7.29. The van der Waals surface area contributed by atoms with Crippen molar-refractivity contribution in [3.63, 3.8) is 0 Å². The maximum absolute atomic E-state index is 13.1. The number of benzene rings is 2. The summed E-state index contributed by atoms with van der Waals surface area (Å²) in [5, 5.41) is 0. The molecule has 0 aliphatic carbocycles. The summed E-state index contributed by atoms with van der Waals surface area (Å²) in [5.41, 5.74) is 1.21. The number of H-pyrrole nitrogens is 1. The Bertz CT molecular complexity index is 1040. The number of sulfone groups is 1. The molecule has 1 aromatic heterocycles. The van der Waals surface area contributed by atoms with Gasteiger partial charge >= 0.3 is 6.18 Å². The van der Waals surface area contributed by atoms with E-state index < -0.39 is 21.8 Å². The van der Waals surface area contributed by atoms with Gasteiger partial charge in [-0.3, -0.25) is 0 Å². The standard InChI is InChI=1S/C17H12BrF3N2O2S/c1-26(24,25)13-8-4-11(5-9-13)15-14(10-2-6-12(18)7-3-10)22-16(23-15)17(19,20)21/h2-9H,1H3,(H,22,23). The van der Waals surface area contributed by atoms with Gasteiger partial charge in [0.15, 0.2) is 9.84 Å². The summed E-state index contributed by atoms with van der Waals surface area (Å²) in [4.78, 5) is 6.11. The molecule has 0 aliphatic heterocycles. The molecule has 0 unspecified atom stereocenters. The molecule has 2 aromatic carbocycles. The highest BCUT2D eigenvalue weighted by molar-refractivity contribution is 9.10. The fourth-order valence-electron chi connectivity index (χ4n) is 2.40. The minimum absolute atomic E-state index is 0.0815. The molecule has 0 atom stereocenters. The number of rotatable bonds is 3. The second-order valence-corrected chi connectivity index (χ2v) is 8.54. The molecule has 0 saturated carbocycles. The van der Waals surface area contributed by atoms with Crippen molar-refractivity contribution in [1.82, 2.24) is 9.97 Å². The lowest BCUT2D eigenvalue weighted by Crippen LogP contribution is -2.07. The third kappa shape index (κ3) is 3.83. The summed E-state index contributed by atoms with van der Waals surface area (Å²) in [5.74, 6) is -1.11. The predicted molar refractivity (Wildman–Crippen MR) is 95.3 cm³/mol. The van der Waals surface area contributed by atoms with E-state index in [1.165, 1.54) is 24.3 Å². The van der Waals surface area contributed by atoms with E-state index in [1.54, 1.807) is 24.3 Å². The first-order chi connectivity index (χ1) is 12.1. The van der Waals surface area contributed by atoms with E-state index in [0.29, 0.717) is 11.1 Å². The molecule has 3 rings (SSSR count). The van der Waals surface area contributed by atoms with Crippen LogP contribution in [0.5, 0.6) is 0 Å². The van der Waals surface area contributed by atoms with Crippen molar-refractivity contribution in [3.05, 3.63) is 58.8 Å². The number of halogens is 4. The van der Waals surface area contributed by atoms with Gasteiger partial charge in [0.2, 0.25) is 5.82 Å². The Labute approximate surface area is 156 Å². The number of aromatic amines is 1. The van der Waals surface area contributed by atoms with Crippen molar-refractivity contribution in [2.45, 2.75) is 11.1 Å². The molecule has 0 bridgehead atoms. The molecule has 3 aromatic rings. The Morgan fingerprint density at radius 2 is 1.50 bits per heavy atom. The largest absolute Gasteiger partial charge is 0.449 e. The Kier molecular flexibility index (Phi) is 4.70. The van der Waals surface area contributed by atoms with E-state index in [2.05, 4.69) is 25.9 Å². The van der Waals surface area contributed by atoms with Gasteiger partial charge in [-0.2, -0.15) is 13.2 Å². The van der Waals surface area contributed by atoms with Crippen LogP contribution in [-0.4, -0.2) is 24.6 Å². The molecule has 0 aliphatic rings. The molecule has 0 amide bonds. The van der Waals surface area contributed by atoms with Crippen molar-refractivity contribution in [1.29, 1.82) is 0 Å². The number of aromatic nitrogens is 2. The quantitative estimate of drug-likeness (QED) is 0.622. The van der Waals surface area contributed by atoms with Gasteiger partial charge < -0.3 is 4.98 Å². The number of imidazole rings is 1. The molecule has 26 heavy (non-hydrogen) atoms. The molecular weight excluding hydrogens is 433 g/mol. The van der Waals surface area contributed by atoms with E-state index >= 15 is 0 Å². The van der Waals surface area contributed by atoms with E-state index in [0.717, 1.165) is 10.7 Å². The summed E-state index contributed by atoms with van der Waals surface area (Å²) in [6.45, 7) is 0. The number of nitrogens with zero attached hydrogens (tertiary/aromatic N) is 1. The van der Waals surface area contributed by atoms with Crippen LogP contribution >= 0.6 is 15.9 Å². The molecular formula is C17H12BrF3N2O2S. The van der Waals surface area contributed by atoms with Crippen molar-refractivity contribution in [3.8, 4) is 22.5 Å². The number of hydrogen-bond acceptors (Lipinski definition) is 3. The third-order valence-corrected chi connectivity index (χ3v) is 5.32. The number of hydrogen-bond donors (Lipinski definition) is 1. The van der Waals surface area contributed by atoms with Crippen LogP contribution in [-0.2, 0) is 16.0 Å². The zero-order chi connectivity index (χ0) is 19.1. The first kappa shape index (κ1) is 18.7. The smallest absolute Gasteiger partial charge is 0.334 e. The highest BCUT2D eigenvalue weighted by atomic mass is 79.9. The Balaban J connectivity index is 2.16. The van der Waals surface area contributed by atoms with Gasteiger partial charge in [-0.1, -0.05) is 40.2 Å². The fourth-order valence-corrected chi connectivity index (χ4v) is 3.30. The third-order valence-electron chi connectivity index (χ3n) is 3.66. The molecule has 4 nitrogen and oxygen atoms in total. The van der Waals surface area contributed by atoms with Gasteiger partial charge in [0.05, 0.1) is 16.3 Å². The maximum Gasteiger partial charge on any atom is 0.449 e. The Hall–Kier alpha value is -2.13. The predicted octanol–water partition coefficient (Wildman–Crippen LogP) is 4.93. The van der Waals surface area contributed by atoms with Crippen LogP contribution < -0.4 is 0 Å². The van der Waals surface area contributed by atoms with Crippen molar-refractivity contribution >= 4 is 25.8 Å². The second-order valence-electron chi connectivity index (χ2n) is 5.61. The van der Waals surface area contributed by atoms with Gasteiger partial charge in [0, 0.05) is 21.9 Å². The normalized spacial score (nSPS) is 12.3. The Morgan fingerprint density at radius 3 is 2.00 bits per heavy atom. The summed E-state index contributed by atoms with van der Waals surface area (Å²) in [6.07, 6.45) is -3.57. The van der Waals surface area contributed by atoms with Crippen LogP contribution in [0, 0.1) is 0 Å². The average Bonchev–Trinajstić information content (AvgIpc) is 3.00. The van der Waals surface area contributed by atoms with E-state index in [1.807, 2.05) is 0 Å². The molecule has 1 N–H and O–H groups in total. The van der Waals surface area contributed by atoms with Crippen LogP contribution in [0.4, 0.5) is 13.2 Å². The van der Waals surface area contributed by atoms with Gasteiger partial charge in [-0.05, 0) is 24.3 Å². The highest BCUT2D eigenvalue weighted by Gasteiger charge is 2.36. The van der Waals surface area contributed by atoms with Gasteiger partial charge in [0.1, 0.15) is 0 Å². The first-order valence-corrected chi connectivity index (χ1v) is 9.98. The zero-order valence-electron chi connectivity index (χ0n) is 13.3. The summed E-state index contributed by atoms with van der Waals surface area (Å²) < 4.78 is 63.3. The van der Waals surface area contributed by atoms with Crippen LogP contribution in [0.15, 0.2) is 57.9 Å². The summed E-state index contributed by atoms with van der Waals surface area (Å²) in [7, 11) is -3.40. The molecule has 9 heteroatoms. The van der Waals surface area contributed by atoms with Crippen molar-refractivity contribution in [2.75, 3.05) is 6.26 Å². The lowest BCUT2D eigenvalue weighted by atomic mass is 10.1. The number of nitrogens with one attached hydrogen (secondary N) is 1. The molecule has 0 fully saturated rings. The fraction of sp³-hybridized carbons (Fsp3) is 0.118. The molecule has 0 radical (unpaired) electrons. The monoisotopic (exact) mass is 444 g/mol. The van der Waals surface area contributed by atoms with Crippen LogP contribution in [0.2, 0.25) is 0 Å². The van der Waals surface area contributed by atoms with Crippen LogP contribution in [0.1, 0.15) is 5.82 Å². The topological polar surface area (TPSA) is 62.8 Å². The van der Waals surface area contributed by atoms with Gasteiger partial charge in [0.25, 0.3) is 0 Å². The number of alkyl halides is 3. The lowest BCUT2D eigenvalue weighted by Gasteiger charge is -2.05.